The molecule has 1 rings (SSSR count). The van der Waals surface area contributed by atoms with E-state index < -0.39 is 20.1 Å². The van der Waals surface area contributed by atoms with E-state index in [4.69, 9.17) is 23.2 Å². The maximum Gasteiger partial charge on any atom is 0.165 e. The molecule has 1 aromatic carbocycles. The summed E-state index contributed by atoms with van der Waals surface area (Å²) in [5, 5.41) is 10.6. The van der Waals surface area contributed by atoms with E-state index in [0.29, 0.717) is 10.6 Å². The molecule has 0 bridgehead atoms. The molecule has 1 aromatic rings. The summed E-state index contributed by atoms with van der Waals surface area (Å²) in [5.41, 5.74) is 0.329. The zero-order valence-electron chi connectivity index (χ0n) is 8.90. The van der Waals surface area contributed by atoms with E-state index in [1.165, 1.54) is 19.1 Å². The molecule has 1 N–H and O–H groups in total. The maximum atomic E-state index is 11.6. The summed E-state index contributed by atoms with van der Waals surface area (Å²) in [4.78, 5) is 0. The van der Waals surface area contributed by atoms with E-state index in [-0.39, 0.29) is 10.8 Å². The average Bonchev–Trinajstić information content (AvgIpc) is 2.27. The van der Waals surface area contributed by atoms with E-state index in [1.807, 2.05) is 0 Å². The first-order chi connectivity index (χ1) is 7.79. The third-order valence-corrected chi connectivity index (χ3v) is 6.80. The molecule has 0 spiro atoms. The lowest BCUT2D eigenvalue weighted by molar-refractivity contribution is 0.195. The molecule has 17 heavy (non-hydrogen) atoms. The fraction of sp³-hybridized carbons (Fsp3) is 0.400. The van der Waals surface area contributed by atoms with E-state index in [1.54, 1.807) is 6.07 Å². The first-order valence-electron chi connectivity index (χ1n) is 4.78. The van der Waals surface area contributed by atoms with Gasteiger partial charge in [0.15, 0.2) is 9.84 Å². The molecule has 0 saturated carbocycles. The summed E-state index contributed by atoms with van der Waals surface area (Å²) in [7, 11) is -3.40. The number of aliphatic hydroxyl groups excluding tert-OH is 1. The maximum absolute atomic E-state index is 11.6. The second-order valence-corrected chi connectivity index (χ2v) is 8.26. The van der Waals surface area contributed by atoms with Crippen LogP contribution in [0.5, 0.6) is 0 Å². The van der Waals surface area contributed by atoms with Crippen LogP contribution in [0.3, 0.4) is 0 Å². The molecule has 0 aliphatic rings. The molecule has 2 unspecified atom stereocenters. The van der Waals surface area contributed by atoms with Crippen molar-refractivity contribution in [2.75, 3.05) is 5.75 Å². The topological polar surface area (TPSA) is 54.4 Å². The third-order valence-electron chi connectivity index (χ3n) is 2.27. The summed E-state index contributed by atoms with van der Waals surface area (Å²) in [5.74, 6) is -0.0643. The Morgan fingerprint density at radius 3 is 2.47 bits per heavy atom. The van der Waals surface area contributed by atoms with E-state index in [0.717, 1.165) is 0 Å². The molecule has 0 aliphatic heterocycles. The SMILES string of the molecule is CCS(=O)(=O)C(Br)C(O)c1ccc(Cl)cc1Cl. The van der Waals surface area contributed by atoms with Crippen molar-refractivity contribution in [2.45, 2.75) is 17.2 Å². The summed E-state index contributed by atoms with van der Waals surface area (Å²) in [6, 6.07) is 4.51. The molecule has 3 nitrogen and oxygen atoms in total. The molecular weight excluding hydrogens is 351 g/mol. The molecular formula is C10H11BrCl2O3S. The van der Waals surface area contributed by atoms with Crippen LogP contribution in [0.4, 0.5) is 0 Å². The zero-order valence-corrected chi connectivity index (χ0v) is 12.8. The molecule has 0 radical (unpaired) electrons. The molecule has 96 valence electrons. The number of benzene rings is 1. The Morgan fingerprint density at radius 1 is 1.41 bits per heavy atom. The van der Waals surface area contributed by atoms with Crippen molar-refractivity contribution in [3.05, 3.63) is 33.8 Å². The van der Waals surface area contributed by atoms with Crippen LogP contribution in [0, 0.1) is 0 Å². The van der Waals surface area contributed by atoms with Gasteiger partial charge in [0.1, 0.15) is 10.3 Å². The quantitative estimate of drug-likeness (QED) is 0.838. The molecule has 0 saturated heterocycles. The number of rotatable bonds is 4. The second kappa shape index (κ2) is 5.89. The van der Waals surface area contributed by atoms with Crippen molar-refractivity contribution in [3.8, 4) is 0 Å². The van der Waals surface area contributed by atoms with Gasteiger partial charge in [0.25, 0.3) is 0 Å². The summed E-state index contributed by atoms with van der Waals surface area (Å²) < 4.78 is 22.1. The van der Waals surface area contributed by atoms with Gasteiger partial charge in [-0.15, -0.1) is 0 Å². The Hall–Kier alpha value is 0.190. The van der Waals surface area contributed by atoms with E-state index in [9.17, 15) is 13.5 Å². The molecule has 0 aliphatic carbocycles. The van der Waals surface area contributed by atoms with Crippen LogP contribution >= 0.6 is 39.1 Å². The fourth-order valence-corrected chi connectivity index (χ4v) is 3.69. The summed E-state index contributed by atoms with van der Waals surface area (Å²) in [6.07, 6.45) is -1.23. The van der Waals surface area contributed by atoms with Gasteiger partial charge in [-0.1, -0.05) is 52.1 Å². The highest BCUT2D eigenvalue weighted by Crippen LogP contribution is 2.33. The number of hydrogen-bond donors (Lipinski definition) is 1. The smallest absolute Gasteiger partial charge is 0.165 e. The van der Waals surface area contributed by atoms with Gasteiger partial charge in [0.05, 0.1) is 0 Å². The molecule has 2 atom stereocenters. The van der Waals surface area contributed by atoms with Crippen molar-refractivity contribution >= 4 is 49.0 Å². The van der Waals surface area contributed by atoms with Gasteiger partial charge in [0, 0.05) is 21.4 Å². The minimum absolute atomic E-state index is 0.0643. The van der Waals surface area contributed by atoms with Gasteiger partial charge in [-0.05, 0) is 12.1 Å². The number of sulfone groups is 1. The lowest BCUT2D eigenvalue weighted by Gasteiger charge is -2.18. The molecule has 0 heterocycles. The van der Waals surface area contributed by atoms with Crippen molar-refractivity contribution in [1.29, 1.82) is 0 Å². The normalized spacial score (nSPS) is 15.6. The minimum atomic E-state index is -3.40. The molecule has 0 amide bonds. The van der Waals surface area contributed by atoms with Crippen LogP contribution in [0.1, 0.15) is 18.6 Å². The highest BCUT2D eigenvalue weighted by molar-refractivity contribution is 9.11. The Kier molecular flexibility index (Phi) is 5.28. The second-order valence-electron chi connectivity index (χ2n) is 3.41. The van der Waals surface area contributed by atoms with Crippen LogP contribution in [0.25, 0.3) is 0 Å². The Bertz CT molecular complexity index is 504. The van der Waals surface area contributed by atoms with Crippen LogP contribution in [0.15, 0.2) is 18.2 Å². The van der Waals surface area contributed by atoms with Crippen LogP contribution in [-0.4, -0.2) is 23.4 Å². The van der Waals surface area contributed by atoms with Crippen LogP contribution in [-0.2, 0) is 9.84 Å². The van der Waals surface area contributed by atoms with Gasteiger partial charge in [-0.3, -0.25) is 0 Å². The number of hydrogen-bond acceptors (Lipinski definition) is 3. The Labute approximate surface area is 119 Å². The lowest BCUT2D eigenvalue weighted by atomic mass is 10.1. The zero-order chi connectivity index (χ0) is 13.2. The van der Waals surface area contributed by atoms with E-state index >= 15 is 0 Å². The largest absolute Gasteiger partial charge is 0.386 e. The monoisotopic (exact) mass is 360 g/mol. The minimum Gasteiger partial charge on any atom is -0.386 e. The number of halogens is 3. The van der Waals surface area contributed by atoms with Gasteiger partial charge in [0.2, 0.25) is 0 Å². The van der Waals surface area contributed by atoms with Gasteiger partial charge >= 0.3 is 0 Å². The van der Waals surface area contributed by atoms with E-state index in [2.05, 4.69) is 15.9 Å². The van der Waals surface area contributed by atoms with Gasteiger partial charge in [-0.25, -0.2) is 8.42 Å². The summed E-state index contributed by atoms with van der Waals surface area (Å²) in [6.45, 7) is 1.51. The van der Waals surface area contributed by atoms with Crippen molar-refractivity contribution in [3.63, 3.8) is 0 Å². The lowest BCUT2D eigenvalue weighted by Crippen LogP contribution is -2.24. The standard InChI is InChI=1S/C10H11BrCl2O3S/c1-2-17(15,16)10(11)9(14)7-4-3-6(12)5-8(7)13/h3-5,9-10,14H,2H2,1H3. The van der Waals surface area contributed by atoms with Crippen LogP contribution in [0.2, 0.25) is 10.0 Å². The average molecular weight is 362 g/mol. The fourth-order valence-electron chi connectivity index (χ4n) is 1.24. The first kappa shape index (κ1) is 15.2. The third kappa shape index (κ3) is 3.58. The molecule has 7 heteroatoms. The summed E-state index contributed by atoms with van der Waals surface area (Å²) >= 11 is 14.6. The van der Waals surface area contributed by atoms with Crippen molar-refractivity contribution in [2.24, 2.45) is 0 Å². The molecule has 0 aromatic heterocycles. The van der Waals surface area contributed by atoms with Crippen molar-refractivity contribution in [1.82, 2.24) is 0 Å². The van der Waals surface area contributed by atoms with Crippen LogP contribution < -0.4 is 0 Å². The number of aliphatic hydroxyl groups is 1. The highest BCUT2D eigenvalue weighted by Gasteiger charge is 2.30. The van der Waals surface area contributed by atoms with Crippen molar-refractivity contribution < 1.29 is 13.5 Å². The van der Waals surface area contributed by atoms with Gasteiger partial charge in [-0.2, -0.15) is 0 Å². The Balaban J connectivity index is 3.09. The predicted octanol–water partition coefficient (Wildman–Crippen LogP) is 3.18. The predicted molar refractivity (Wildman–Crippen MR) is 73.6 cm³/mol. The number of alkyl halides is 1. The highest BCUT2D eigenvalue weighted by atomic mass is 79.9. The molecule has 0 fully saturated rings. The Morgan fingerprint density at radius 2 is 2.00 bits per heavy atom. The van der Waals surface area contributed by atoms with Gasteiger partial charge < -0.3 is 5.11 Å². The first-order valence-corrected chi connectivity index (χ1v) is 8.17.